The second-order valence-corrected chi connectivity index (χ2v) is 5.54. The van der Waals surface area contributed by atoms with Crippen LogP contribution in [0.4, 0.5) is 5.69 Å². The molecule has 1 aliphatic carbocycles. The van der Waals surface area contributed by atoms with Gasteiger partial charge in [-0.2, -0.15) is 0 Å². The molecule has 0 saturated heterocycles. The molecule has 4 nitrogen and oxygen atoms in total. The van der Waals surface area contributed by atoms with E-state index in [2.05, 4.69) is 5.32 Å². The van der Waals surface area contributed by atoms with Crippen molar-refractivity contribution in [3.63, 3.8) is 0 Å². The summed E-state index contributed by atoms with van der Waals surface area (Å²) in [6, 6.07) is 7.07. The Bertz CT molecular complexity index is 534. The number of aldehydes is 1. The van der Waals surface area contributed by atoms with Crippen molar-refractivity contribution in [1.29, 1.82) is 0 Å². The van der Waals surface area contributed by atoms with Crippen molar-refractivity contribution in [2.75, 3.05) is 5.32 Å². The molecule has 4 heteroatoms. The number of carbonyl (C=O) groups is 2. The van der Waals surface area contributed by atoms with Crippen molar-refractivity contribution < 1.29 is 14.7 Å². The Morgan fingerprint density at radius 3 is 2.53 bits per heavy atom. The zero-order valence-corrected chi connectivity index (χ0v) is 10.7. The van der Waals surface area contributed by atoms with E-state index in [1.54, 1.807) is 24.3 Å². The number of anilines is 1. The summed E-state index contributed by atoms with van der Waals surface area (Å²) in [6.07, 6.45) is 4.72. The molecule has 1 aromatic rings. The van der Waals surface area contributed by atoms with Gasteiger partial charge < -0.3 is 15.2 Å². The second-order valence-electron chi connectivity index (χ2n) is 5.54. The Hall–Kier alpha value is -1.68. The lowest BCUT2D eigenvalue weighted by Gasteiger charge is -2.42. The molecular weight excluding hydrogens is 242 g/mol. The van der Waals surface area contributed by atoms with E-state index >= 15 is 0 Å². The first-order chi connectivity index (χ1) is 9.14. The highest BCUT2D eigenvalue weighted by atomic mass is 16.3. The van der Waals surface area contributed by atoms with Gasteiger partial charge in [-0.25, -0.2) is 0 Å². The fourth-order valence-corrected chi connectivity index (χ4v) is 3.48. The van der Waals surface area contributed by atoms with Crippen molar-refractivity contribution >= 4 is 17.9 Å². The minimum Gasteiger partial charge on any atom is -0.374 e. The molecule has 1 saturated carbocycles. The van der Waals surface area contributed by atoms with Crippen LogP contribution in [0.1, 0.15) is 37.7 Å². The molecule has 0 spiro atoms. The van der Waals surface area contributed by atoms with E-state index in [9.17, 15) is 14.7 Å². The Morgan fingerprint density at radius 2 is 1.84 bits per heavy atom. The maximum Gasteiger partial charge on any atom is 0.262 e. The normalized spacial score (nSPS) is 28.6. The van der Waals surface area contributed by atoms with E-state index in [-0.39, 0.29) is 0 Å². The lowest BCUT2D eigenvalue weighted by atomic mass is 9.62. The van der Waals surface area contributed by atoms with Crippen LogP contribution in [0, 0.1) is 5.41 Å². The Kier molecular flexibility index (Phi) is 2.71. The smallest absolute Gasteiger partial charge is 0.262 e. The minimum atomic E-state index is -1.72. The Labute approximate surface area is 111 Å². The van der Waals surface area contributed by atoms with Crippen molar-refractivity contribution in [2.24, 2.45) is 5.41 Å². The average Bonchev–Trinajstić information content (AvgIpc) is 2.73. The molecule has 3 rings (SSSR count). The van der Waals surface area contributed by atoms with Crippen LogP contribution in [-0.4, -0.2) is 17.3 Å². The third-order valence-corrected chi connectivity index (χ3v) is 4.59. The van der Waals surface area contributed by atoms with E-state index in [0.717, 1.165) is 25.5 Å². The summed E-state index contributed by atoms with van der Waals surface area (Å²) in [7, 11) is 0. The van der Waals surface area contributed by atoms with E-state index in [0.29, 0.717) is 24.1 Å². The van der Waals surface area contributed by atoms with Crippen LogP contribution in [0.5, 0.6) is 0 Å². The number of rotatable bonds is 2. The van der Waals surface area contributed by atoms with Crippen LogP contribution >= 0.6 is 0 Å². The van der Waals surface area contributed by atoms with Crippen LogP contribution in [-0.2, 0) is 15.2 Å². The fourth-order valence-electron chi connectivity index (χ4n) is 3.48. The standard InChI is InChI=1S/C15H17NO3/c17-10-14(8-4-1-5-9-14)15(19)11-6-2-3-7-12(11)16-13(15)18/h2-3,6-7,10,19H,1,4-5,8-9H2,(H,16,18)/t15-/m1/s1. The largest absolute Gasteiger partial charge is 0.374 e. The number of para-hydroxylation sites is 1. The zero-order chi connectivity index (χ0) is 13.5. The van der Waals surface area contributed by atoms with Gasteiger partial charge in [0.05, 0.1) is 5.41 Å². The topological polar surface area (TPSA) is 66.4 Å². The van der Waals surface area contributed by atoms with Gasteiger partial charge in [0.2, 0.25) is 0 Å². The molecule has 0 radical (unpaired) electrons. The molecule has 1 amide bonds. The summed E-state index contributed by atoms with van der Waals surface area (Å²) in [5.74, 6) is -0.470. The third kappa shape index (κ3) is 1.49. The van der Waals surface area contributed by atoms with Crippen LogP contribution < -0.4 is 5.32 Å². The summed E-state index contributed by atoms with van der Waals surface area (Å²) in [5.41, 5.74) is -1.55. The summed E-state index contributed by atoms with van der Waals surface area (Å²) in [6.45, 7) is 0. The lowest BCUT2D eigenvalue weighted by Crippen LogP contribution is -2.52. The number of amides is 1. The first kappa shape index (κ1) is 12.4. The van der Waals surface area contributed by atoms with Crippen LogP contribution in [0.15, 0.2) is 24.3 Å². The first-order valence-corrected chi connectivity index (χ1v) is 6.74. The highest BCUT2D eigenvalue weighted by Gasteiger charge is 2.60. The number of hydrogen-bond donors (Lipinski definition) is 2. The van der Waals surface area contributed by atoms with Crippen molar-refractivity contribution in [3.05, 3.63) is 29.8 Å². The summed E-state index contributed by atoms with van der Waals surface area (Å²) in [4.78, 5) is 24.0. The van der Waals surface area contributed by atoms with Crippen LogP contribution in [0.3, 0.4) is 0 Å². The molecule has 1 atom stereocenters. The first-order valence-electron chi connectivity index (χ1n) is 6.74. The molecule has 0 aromatic heterocycles. The van der Waals surface area contributed by atoms with E-state index in [4.69, 9.17) is 0 Å². The van der Waals surface area contributed by atoms with Gasteiger partial charge in [0, 0.05) is 11.3 Å². The van der Waals surface area contributed by atoms with Crippen LogP contribution in [0.2, 0.25) is 0 Å². The third-order valence-electron chi connectivity index (χ3n) is 4.59. The van der Waals surface area contributed by atoms with Gasteiger partial charge in [-0.05, 0) is 18.9 Å². The van der Waals surface area contributed by atoms with E-state index in [1.165, 1.54) is 0 Å². The maximum absolute atomic E-state index is 12.3. The van der Waals surface area contributed by atoms with E-state index in [1.807, 2.05) is 0 Å². The monoisotopic (exact) mass is 259 g/mol. The zero-order valence-electron chi connectivity index (χ0n) is 10.7. The molecule has 1 aromatic carbocycles. The van der Waals surface area contributed by atoms with Crippen molar-refractivity contribution in [2.45, 2.75) is 37.7 Å². The maximum atomic E-state index is 12.3. The Balaban J connectivity index is 2.16. The number of aliphatic hydroxyl groups is 1. The molecular formula is C15H17NO3. The fraction of sp³-hybridized carbons (Fsp3) is 0.467. The summed E-state index contributed by atoms with van der Waals surface area (Å²) < 4.78 is 0. The van der Waals surface area contributed by atoms with Gasteiger partial charge in [-0.15, -0.1) is 0 Å². The lowest BCUT2D eigenvalue weighted by molar-refractivity contribution is -0.160. The number of fused-ring (bicyclic) bond motifs is 1. The molecule has 19 heavy (non-hydrogen) atoms. The molecule has 100 valence electrons. The number of carbonyl (C=O) groups excluding carboxylic acids is 2. The highest BCUT2D eigenvalue weighted by molar-refractivity contribution is 6.07. The minimum absolute atomic E-state index is 0.470. The molecule has 1 aliphatic heterocycles. The molecule has 2 aliphatic rings. The summed E-state index contributed by atoms with van der Waals surface area (Å²) in [5, 5.41) is 13.7. The predicted molar refractivity (Wildman–Crippen MR) is 70.6 cm³/mol. The Morgan fingerprint density at radius 1 is 1.16 bits per heavy atom. The predicted octanol–water partition coefficient (Wildman–Crippen LogP) is 1.98. The number of hydrogen-bond acceptors (Lipinski definition) is 3. The van der Waals surface area contributed by atoms with Gasteiger partial charge in [-0.3, -0.25) is 4.79 Å². The molecule has 1 fully saturated rings. The van der Waals surface area contributed by atoms with Gasteiger partial charge in [0.25, 0.3) is 5.91 Å². The summed E-state index contributed by atoms with van der Waals surface area (Å²) >= 11 is 0. The second kappa shape index (κ2) is 4.17. The highest BCUT2D eigenvalue weighted by Crippen LogP contribution is 2.53. The van der Waals surface area contributed by atoms with Crippen molar-refractivity contribution in [3.8, 4) is 0 Å². The van der Waals surface area contributed by atoms with Crippen molar-refractivity contribution in [1.82, 2.24) is 0 Å². The molecule has 1 heterocycles. The molecule has 2 N–H and O–H groups in total. The average molecular weight is 259 g/mol. The van der Waals surface area contributed by atoms with Gasteiger partial charge in [-0.1, -0.05) is 37.5 Å². The number of nitrogens with one attached hydrogen (secondary N) is 1. The van der Waals surface area contributed by atoms with Crippen LogP contribution in [0.25, 0.3) is 0 Å². The molecule has 0 bridgehead atoms. The van der Waals surface area contributed by atoms with Gasteiger partial charge in [0.15, 0.2) is 5.60 Å². The quantitative estimate of drug-likeness (QED) is 0.798. The van der Waals surface area contributed by atoms with Gasteiger partial charge in [0.1, 0.15) is 6.29 Å². The molecule has 0 unspecified atom stereocenters. The SMILES string of the molecule is O=CC1([C@]2(O)C(=O)Nc3ccccc32)CCCCC1. The number of benzene rings is 1. The van der Waals surface area contributed by atoms with E-state index < -0.39 is 16.9 Å². The van der Waals surface area contributed by atoms with Gasteiger partial charge >= 0.3 is 0 Å².